The van der Waals surface area contributed by atoms with Gasteiger partial charge in [-0.05, 0) is 30.5 Å². The van der Waals surface area contributed by atoms with E-state index in [1.165, 1.54) is 0 Å². The SMILES string of the molecule is COc1ccccc1CCN(C)C(=O)C(N)c1ccc(C)cc1. The molecule has 0 heterocycles. The summed E-state index contributed by atoms with van der Waals surface area (Å²) in [7, 11) is 3.44. The Morgan fingerprint density at radius 2 is 1.83 bits per heavy atom. The normalized spacial score (nSPS) is 11.8. The van der Waals surface area contributed by atoms with Crippen LogP contribution in [0.25, 0.3) is 0 Å². The maximum atomic E-state index is 12.5. The lowest BCUT2D eigenvalue weighted by Crippen LogP contribution is -2.37. The van der Waals surface area contributed by atoms with Crippen molar-refractivity contribution in [2.45, 2.75) is 19.4 Å². The molecule has 2 aromatic carbocycles. The summed E-state index contributed by atoms with van der Waals surface area (Å²) in [6, 6.07) is 15.0. The van der Waals surface area contributed by atoms with Crippen molar-refractivity contribution in [1.29, 1.82) is 0 Å². The van der Waals surface area contributed by atoms with Crippen molar-refractivity contribution < 1.29 is 9.53 Å². The summed E-state index contributed by atoms with van der Waals surface area (Å²) in [5, 5.41) is 0. The van der Waals surface area contributed by atoms with Gasteiger partial charge < -0.3 is 15.4 Å². The summed E-state index contributed by atoms with van der Waals surface area (Å²) in [4.78, 5) is 14.2. The summed E-state index contributed by atoms with van der Waals surface area (Å²) in [5.74, 6) is 0.764. The van der Waals surface area contributed by atoms with Crippen LogP contribution in [0.15, 0.2) is 48.5 Å². The standard InChI is InChI=1S/C19H24N2O2/c1-14-8-10-16(11-9-14)18(20)19(22)21(2)13-12-15-6-4-5-7-17(15)23-3/h4-11,18H,12-13,20H2,1-3H3. The molecule has 0 saturated heterocycles. The number of rotatable bonds is 6. The lowest BCUT2D eigenvalue weighted by molar-refractivity contribution is -0.131. The summed E-state index contributed by atoms with van der Waals surface area (Å²) >= 11 is 0. The smallest absolute Gasteiger partial charge is 0.243 e. The predicted molar refractivity (Wildman–Crippen MR) is 92.4 cm³/mol. The molecule has 122 valence electrons. The van der Waals surface area contributed by atoms with Gasteiger partial charge in [-0.3, -0.25) is 4.79 Å². The zero-order chi connectivity index (χ0) is 16.8. The Kier molecular flexibility index (Phi) is 5.77. The highest BCUT2D eigenvalue weighted by molar-refractivity contribution is 5.82. The number of hydrogen-bond donors (Lipinski definition) is 1. The van der Waals surface area contributed by atoms with Gasteiger partial charge in [0.25, 0.3) is 0 Å². The molecule has 1 unspecified atom stereocenters. The second-order valence-electron chi connectivity index (χ2n) is 5.71. The van der Waals surface area contributed by atoms with E-state index >= 15 is 0 Å². The van der Waals surface area contributed by atoms with Crippen LogP contribution in [0.1, 0.15) is 22.7 Å². The Morgan fingerprint density at radius 3 is 2.48 bits per heavy atom. The number of likely N-dealkylation sites (N-methyl/N-ethyl adjacent to an activating group) is 1. The first-order valence-corrected chi connectivity index (χ1v) is 7.72. The van der Waals surface area contributed by atoms with Crippen molar-refractivity contribution in [3.05, 3.63) is 65.2 Å². The number of amides is 1. The van der Waals surface area contributed by atoms with Crippen LogP contribution in [-0.4, -0.2) is 31.5 Å². The lowest BCUT2D eigenvalue weighted by Gasteiger charge is -2.22. The Labute approximate surface area is 137 Å². The molecular weight excluding hydrogens is 288 g/mol. The molecule has 4 heteroatoms. The lowest BCUT2D eigenvalue weighted by atomic mass is 10.0. The van der Waals surface area contributed by atoms with Crippen LogP contribution in [0, 0.1) is 6.92 Å². The van der Waals surface area contributed by atoms with Crippen molar-refractivity contribution in [2.75, 3.05) is 20.7 Å². The number of aryl methyl sites for hydroxylation is 1. The van der Waals surface area contributed by atoms with Gasteiger partial charge >= 0.3 is 0 Å². The molecule has 1 amide bonds. The molecule has 0 spiro atoms. The minimum absolute atomic E-state index is 0.0799. The number of carbonyl (C=O) groups excluding carboxylic acids is 1. The number of nitrogens with zero attached hydrogens (tertiary/aromatic N) is 1. The van der Waals surface area contributed by atoms with E-state index in [9.17, 15) is 4.79 Å². The maximum absolute atomic E-state index is 12.5. The van der Waals surface area contributed by atoms with E-state index in [0.717, 1.165) is 28.9 Å². The molecule has 0 aliphatic rings. The van der Waals surface area contributed by atoms with Crippen molar-refractivity contribution >= 4 is 5.91 Å². The molecule has 0 aliphatic heterocycles. The molecule has 0 saturated carbocycles. The Bertz CT molecular complexity index is 653. The van der Waals surface area contributed by atoms with E-state index < -0.39 is 6.04 Å². The molecule has 0 bridgehead atoms. The van der Waals surface area contributed by atoms with Crippen molar-refractivity contribution in [3.8, 4) is 5.75 Å². The van der Waals surface area contributed by atoms with Crippen LogP contribution in [0.5, 0.6) is 5.75 Å². The van der Waals surface area contributed by atoms with Gasteiger partial charge in [0.05, 0.1) is 7.11 Å². The summed E-state index contributed by atoms with van der Waals surface area (Å²) in [6.07, 6.45) is 0.729. The Morgan fingerprint density at radius 1 is 1.17 bits per heavy atom. The highest BCUT2D eigenvalue weighted by atomic mass is 16.5. The molecule has 0 aliphatic carbocycles. The van der Waals surface area contributed by atoms with Gasteiger partial charge in [0, 0.05) is 13.6 Å². The van der Waals surface area contributed by atoms with Gasteiger partial charge in [0.15, 0.2) is 0 Å². The number of hydrogen-bond acceptors (Lipinski definition) is 3. The third kappa shape index (κ3) is 4.33. The van der Waals surface area contributed by atoms with Crippen LogP contribution < -0.4 is 10.5 Å². The average Bonchev–Trinajstić information content (AvgIpc) is 2.59. The fourth-order valence-corrected chi connectivity index (χ4v) is 2.46. The van der Waals surface area contributed by atoms with Crippen molar-refractivity contribution in [2.24, 2.45) is 5.73 Å². The van der Waals surface area contributed by atoms with E-state index in [-0.39, 0.29) is 5.91 Å². The van der Waals surface area contributed by atoms with Gasteiger partial charge in [-0.1, -0.05) is 48.0 Å². The van der Waals surface area contributed by atoms with E-state index in [0.29, 0.717) is 6.54 Å². The third-order valence-corrected chi connectivity index (χ3v) is 3.99. The third-order valence-electron chi connectivity index (χ3n) is 3.99. The van der Waals surface area contributed by atoms with E-state index in [1.54, 1.807) is 19.1 Å². The van der Waals surface area contributed by atoms with E-state index in [4.69, 9.17) is 10.5 Å². The molecule has 2 rings (SSSR count). The number of ether oxygens (including phenoxy) is 1. The summed E-state index contributed by atoms with van der Waals surface area (Å²) in [6.45, 7) is 2.61. The first kappa shape index (κ1) is 17.0. The van der Waals surface area contributed by atoms with Gasteiger partial charge in [0.2, 0.25) is 5.91 Å². The number of benzene rings is 2. The minimum Gasteiger partial charge on any atom is -0.496 e. The number of nitrogens with two attached hydrogens (primary N) is 1. The highest BCUT2D eigenvalue weighted by Gasteiger charge is 2.19. The Hall–Kier alpha value is -2.33. The summed E-state index contributed by atoms with van der Waals surface area (Å²) < 4.78 is 5.34. The molecule has 23 heavy (non-hydrogen) atoms. The van der Waals surface area contributed by atoms with Crippen LogP contribution in [0.2, 0.25) is 0 Å². The molecule has 0 aromatic heterocycles. The van der Waals surface area contributed by atoms with Crippen molar-refractivity contribution in [3.63, 3.8) is 0 Å². The van der Waals surface area contributed by atoms with Crippen molar-refractivity contribution in [1.82, 2.24) is 4.90 Å². The number of para-hydroxylation sites is 1. The average molecular weight is 312 g/mol. The quantitative estimate of drug-likeness (QED) is 0.892. The topological polar surface area (TPSA) is 55.6 Å². The van der Waals surface area contributed by atoms with Gasteiger partial charge in [-0.25, -0.2) is 0 Å². The first-order valence-electron chi connectivity index (χ1n) is 7.72. The molecular formula is C19H24N2O2. The molecule has 0 fully saturated rings. The number of methoxy groups -OCH3 is 1. The fraction of sp³-hybridized carbons (Fsp3) is 0.316. The monoisotopic (exact) mass is 312 g/mol. The molecule has 4 nitrogen and oxygen atoms in total. The summed E-state index contributed by atoms with van der Waals surface area (Å²) in [5.41, 5.74) is 9.17. The molecule has 2 N–H and O–H groups in total. The predicted octanol–water partition coefficient (Wildman–Crippen LogP) is 2.70. The number of carbonyl (C=O) groups is 1. The van der Waals surface area contributed by atoms with E-state index in [1.807, 2.05) is 55.5 Å². The van der Waals surface area contributed by atoms with E-state index in [2.05, 4.69) is 0 Å². The molecule has 0 radical (unpaired) electrons. The second-order valence-corrected chi connectivity index (χ2v) is 5.71. The van der Waals surface area contributed by atoms with Crippen LogP contribution in [-0.2, 0) is 11.2 Å². The van der Waals surface area contributed by atoms with Gasteiger partial charge in [-0.2, -0.15) is 0 Å². The minimum atomic E-state index is -0.627. The zero-order valence-electron chi connectivity index (χ0n) is 14.0. The Balaban J connectivity index is 1.98. The molecule has 2 aromatic rings. The largest absolute Gasteiger partial charge is 0.496 e. The fourth-order valence-electron chi connectivity index (χ4n) is 2.46. The highest BCUT2D eigenvalue weighted by Crippen LogP contribution is 2.19. The van der Waals surface area contributed by atoms with Crippen LogP contribution in [0.3, 0.4) is 0 Å². The van der Waals surface area contributed by atoms with Crippen LogP contribution >= 0.6 is 0 Å². The molecule has 1 atom stereocenters. The van der Waals surface area contributed by atoms with Gasteiger partial charge in [0.1, 0.15) is 11.8 Å². The van der Waals surface area contributed by atoms with Gasteiger partial charge in [-0.15, -0.1) is 0 Å². The van der Waals surface area contributed by atoms with Crippen LogP contribution in [0.4, 0.5) is 0 Å². The first-order chi connectivity index (χ1) is 11.0. The second kappa shape index (κ2) is 7.79. The zero-order valence-corrected chi connectivity index (χ0v) is 14.0. The maximum Gasteiger partial charge on any atom is 0.243 e.